The normalized spacial score (nSPS) is 50.1. The Morgan fingerprint density at radius 1 is 0.833 bits per heavy atom. The van der Waals surface area contributed by atoms with Crippen molar-refractivity contribution in [3.8, 4) is 0 Å². The molecular formula is C20H35NO15. The van der Waals surface area contributed by atoms with E-state index < -0.39 is 111 Å². The molecule has 0 aromatic rings. The smallest absolute Gasteiger partial charge is 0.335 e. The van der Waals surface area contributed by atoms with Crippen molar-refractivity contribution in [1.29, 1.82) is 0 Å². The highest BCUT2D eigenvalue weighted by Gasteiger charge is 2.52. The molecule has 0 radical (unpaired) electrons. The molecule has 0 spiro atoms. The molecule has 0 aliphatic carbocycles. The van der Waals surface area contributed by atoms with Crippen LogP contribution in [0.1, 0.15) is 6.92 Å². The molecule has 0 saturated carbocycles. The van der Waals surface area contributed by atoms with E-state index in [2.05, 4.69) is 0 Å². The van der Waals surface area contributed by atoms with Crippen molar-refractivity contribution in [2.75, 3.05) is 20.3 Å². The van der Waals surface area contributed by atoms with Crippen LogP contribution in [0.3, 0.4) is 0 Å². The Morgan fingerprint density at radius 3 is 2.03 bits per heavy atom. The zero-order valence-corrected chi connectivity index (χ0v) is 19.6. The van der Waals surface area contributed by atoms with Gasteiger partial charge >= 0.3 is 5.97 Å². The van der Waals surface area contributed by atoms with Gasteiger partial charge in [0.15, 0.2) is 25.0 Å². The first-order chi connectivity index (χ1) is 16.9. The number of nitrogens with two attached hydrogens (primary N) is 1. The minimum absolute atomic E-state index is 0.443. The average Bonchev–Trinajstić information content (AvgIpc) is 2.85. The van der Waals surface area contributed by atoms with Crippen LogP contribution >= 0.6 is 0 Å². The van der Waals surface area contributed by atoms with Gasteiger partial charge in [-0.15, -0.1) is 0 Å². The van der Waals surface area contributed by atoms with E-state index in [0.29, 0.717) is 0 Å². The fourth-order valence-electron chi connectivity index (χ4n) is 4.35. The lowest BCUT2D eigenvalue weighted by molar-refractivity contribution is -0.343. The standard InChI is InChI=1S/C20H35NO15/c1-5-9(23)10(24)6(3-22)33-18(5)32-4-7-11(25)12(26)8(21)19(34-7)35-15-13(27)14(28)20(31-2)36-16(15)17(29)30/h5-16,18-20,22-28H,3-4,21H2,1-2H3,(H,29,30)/t5?,6?,7?,8?,9?,10-,11+,12?,13?,14?,15-,16?,18-,19+,20-/m0/s1. The third-order valence-electron chi connectivity index (χ3n) is 6.67. The highest BCUT2D eigenvalue weighted by Crippen LogP contribution is 2.31. The number of aliphatic hydroxyl groups is 7. The van der Waals surface area contributed by atoms with Gasteiger partial charge in [0, 0.05) is 13.0 Å². The third-order valence-corrected chi connectivity index (χ3v) is 6.67. The molecule has 0 aromatic heterocycles. The Hall–Kier alpha value is -1.09. The number of rotatable bonds is 8. The van der Waals surface area contributed by atoms with Crippen LogP contribution in [0.15, 0.2) is 0 Å². The Bertz CT molecular complexity index is 729. The van der Waals surface area contributed by atoms with Crippen molar-refractivity contribution < 1.29 is 74.1 Å². The summed E-state index contributed by atoms with van der Waals surface area (Å²) in [5.74, 6) is -2.29. The van der Waals surface area contributed by atoms with Crippen LogP contribution in [-0.4, -0.2) is 153 Å². The van der Waals surface area contributed by atoms with Gasteiger partial charge in [-0.2, -0.15) is 0 Å². The van der Waals surface area contributed by atoms with E-state index in [1.165, 1.54) is 6.92 Å². The van der Waals surface area contributed by atoms with E-state index in [1.54, 1.807) is 0 Å². The van der Waals surface area contributed by atoms with Gasteiger partial charge in [-0.25, -0.2) is 4.79 Å². The molecule has 0 amide bonds. The van der Waals surface area contributed by atoms with Crippen LogP contribution < -0.4 is 5.73 Å². The fourth-order valence-corrected chi connectivity index (χ4v) is 4.35. The lowest BCUT2D eigenvalue weighted by Gasteiger charge is -2.46. The van der Waals surface area contributed by atoms with E-state index in [-0.39, 0.29) is 0 Å². The van der Waals surface area contributed by atoms with Crippen molar-refractivity contribution in [3.05, 3.63) is 0 Å². The molecule has 210 valence electrons. The Kier molecular flexibility index (Phi) is 9.97. The maximum Gasteiger partial charge on any atom is 0.335 e. The molecule has 10 N–H and O–H groups in total. The maximum atomic E-state index is 11.7. The molecule has 3 rings (SSSR count). The molecule has 36 heavy (non-hydrogen) atoms. The number of carboxylic acid groups (broad SMARTS) is 1. The minimum Gasteiger partial charge on any atom is -0.479 e. The number of hydrogen-bond donors (Lipinski definition) is 9. The first-order valence-electron chi connectivity index (χ1n) is 11.4. The van der Waals surface area contributed by atoms with Gasteiger partial charge in [0.2, 0.25) is 0 Å². The molecule has 3 heterocycles. The van der Waals surface area contributed by atoms with E-state index in [0.717, 1.165) is 7.11 Å². The fraction of sp³-hybridized carbons (Fsp3) is 0.950. The number of methoxy groups -OCH3 is 1. The SMILES string of the molecule is CO[C@H]1OC(C(=O)O)[C@@H](O[C@H]2OC(CO[C@H]3OC(CO)[C@H](O)C(O)C3C)[C@@H](O)C(O)C2N)C(O)C1O. The van der Waals surface area contributed by atoms with Crippen molar-refractivity contribution in [2.24, 2.45) is 11.7 Å². The zero-order chi connectivity index (χ0) is 26.9. The summed E-state index contributed by atoms with van der Waals surface area (Å²) in [6.45, 7) is 0.487. The van der Waals surface area contributed by atoms with Crippen LogP contribution in [-0.2, 0) is 33.2 Å². The monoisotopic (exact) mass is 529 g/mol. The molecular weight excluding hydrogens is 494 g/mol. The molecule has 3 fully saturated rings. The van der Waals surface area contributed by atoms with Gasteiger partial charge in [-0.1, -0.05) is 6.92 Å². The van der Waals surface area contributed by atoms with Gasteiger partial charge in [0.05, 0.1) is 25.4 Å². The van der Waals surface area contributed by atoms with Crippen molar-refractivity contribution in [2.45, 2.75) is 92.9 Å². The van der Waals surface area contributed by atoms with Crippen molar-refractivity contribution in [3.63, 3.8) is 0 Å². The topological polar surface area (TPSA) is 260 Å². The number of carbonyl (C=O) groups is 1. The minimum atomic E-state index is -1.81. The zero-order valence-electron chi connectivity index (χ0n) is 19.6. The number of aliphatic carboxylic acids is 1. The number of aliphatic hydroxyl groups excluding tert-OH is 7. The van der Waals surface area contributed by atoms with Gasteiger partial charge < -0.3 is 75.0 Å². The summed E-state index contributed by atoms with van der Waals surface area (Å²) in [6.07, 6.45) is -19.5. The van der Waals surface area contributed by atoms with Crippen LogP contribution in [0, 0.1) is 5.92 Å². The summed E-state index contributed by atoms with van der Waals surface area (Å²) >= 11 is 0. The second-order valence-corrected chi connectivity index (χ2v) is 9.08. The van der Waals surface area contributed by atoms with E-state index in [9.17, 15) is 45.6 Å². The van der Waals surface area contributed by atoms with Crippen LogP contribution in [0.5, 0.6) is 0 Å². The molecule has 3 saturated heterocycles. The summed E-state index contributed by atoms with van der Waals surface area (Å²) in [7, 11) is 1.14. The predicted octanol–water partition coefficient (Wildman–Crippen LogP) is -5.58. The lowest BCUT2D eigenvalue weighted by Crippen LogP contribution is -2.67. The molecule has 16 heteroatoms. The predicted molar refractivity (Wildman–Crippen MR) is 112 cm³/mol. The number of ether oxygens (including phenoxy) is 6. The highest BCUT2D eigenvalue weighted by atomic mass is 16.7. The molecule has 3 aliphatic rings. The van der Waals surface area contributed by atoms with Gasteiger partial charge in [0.25, 0.3) is 0 Å². The Balaban J connectivity index is 1.70. The van der Waals surface area contributed by atoms with Crippen LogP contribution in [0.4, 0.5) is 0 Å². The number of hydrogen-bond acceptors (Lipinski definition) is 15. The summed E-state index contributed by atoms with van der Waals surface area (Å²) in [5.41, 5.74) is 5.91. The summed E-state index contributed by atoms with van der Waals surface area (Å²) < 4.78 is 32.2. The second kappa shape index (κ2) is 12.2. The molecule has 0 bridgehead atoms. The van der Waals surface area contributed by atoms with E-state index >= 15 is 0 Å². The summed E-state index contributed by atoms with van der Waals surface area (Å²) in [6, 6.07) is -1.41. The van der Waals surface area contributed by atoms with Crippen LogP contribution in [0.2, 0.25) is 0 Å². The second-order valence-electron chi connectivity index (χ2n) is 9.08. The van der Waals surface area contributed by atoms with Gasteiger partial charge in [-0.3, -0.25) is 0 Å². The van der Waals surface area contributed by atoms with Gasteiger partial charge in [0.1, 0.15) is 48.8 Å². The molecule has 16 nitrogen and oxygen atoms in total. The molecule has 9 unspecified atom stereocenters. The van der Waals surface area contributed by atoms with Crippen LogP contribution in [0.25, 0.3) is 0 Å². The third kappa shape index (κ3) is 5.82. The Morgan fingerprint density at radius 2 is 1.44 bits per heavy atom. The summed E-state index contributed by atoms with van der Waals surface area (Å²) in [5, 5.41) is 80.4. The molecule has 15 atom stereocenters. The van der Waals surface area contributed by atoms with E-state index in [1.807, 2.05) is 0 Å². The van der Waals surface area contributed by atoms with Gasteiger partial charge in [-0.05, 0) is 0 Å². The highest BCUT2D eigenvalue weighted by molar-refractivity contribution is 5.73. The first-order valence-corrected chi connectivity index (χ1v) is 11.4. The largest absolute Gasteiger partial charge is 0.479 e. The molecule has 3 aliphatic heterocycles. The Labute approximate surface area is 205 Å². The number of carboxylic acids is 1. The van der Waals surface area contributed by atoms with Crippen molar-refractivity contribution in [1.82, 2.24) is 0 Å². The van der Waals surface area contributed by atoms with Crippen molar-refractivity contribution >= 4 is 5.97 Å². The summed E-state index contributed by atoms with van der Waals surface area (Å²) in [4.78, 5) is 11.7. The molecule has 0 aromatic carbocycles. The maximum absolute atomic E-state index is 11.7. The first kappa shape index (κ1) is 29.5. The average molecular weight is 529 g/mol. The van der Waals surface area contributed by atoms with E-state index in [4.69, 9.17) is 34.2 Å². The quantitative estimate of drug-likeness (QED) is 0.142. The lowest BCUT2D eigenvalue weighted by atomic mass is 9.92.